The van der Waals surface area contributed by atoms with Crippen LogP contribution in [0.1, 0.15) is 27.9 Å². The predicted molar refractivity (Wildman–Crippen MR) is 71.3 cm³/mol. The lowest BCUT2D eigenvalue weighted by Gasteiger charge is -2.07. The number of nitrogens with one attached hydrogen (secondary N) is 1. The van der Waals surface area contributed by atoms with Gasteiger partial charge in [0.05, 0.1) is 0 Å². The number of carbonyl (C=O) groups is 1. The van der Waals surface area contributed by atoms with E-state index in [-0.39, 0.29) is 5.91 Å². The molecular formula is C12H14N4OS. The zero-order valence-corrected chi connectivity index (χ0v) is 10.8. The van der Waals surface area contributed by atoms with Crippen LogP contribution in [0.3, 0.4) is 0 Å². The molecule has 0 aliphatic rings. The van der Waals surface area contributed by atoms with Gasteiger partial charge in [-0.2, -0.15) is 0 Å². The lowest BCUT2D eigenvalue weighted by molar-refractivity contribution is 0.0949. The van der Waals surface area contributed by atoms with Crippen molar-refractivity contribution in [2.45, 2.75) is 19.9 Å². The third-order valence-electron chi connectivity index (χ3n) is 2.57. The van der Waals surface area contributed by atoms with Crippen LogP contribution in [0.15, 0.2) is 24.3 Å². The summed E-state index contributed by atoms with van der Waals surface area (Å²) in [7, 11) is 0. The molecule has 94 valence electrons. The van der Waals surface area contributed by atoms with Gasteiger partial charge in [0, 0.05) is 6.54 Å². The van der Waals surface area contributed by atoms with Crippen molar-refractivity contribution < 1.29 is 4.79 Å². The highest BCUT2D eigenvalue weighted by atomic mass is 32.1. The number of nitrogens with zero attached hydrogens (tertiary/aromatic N) is 2. The number of hydrogen-bond acceptors (Lipinski definition) is 5. The lowest BCUT2D eigenvalue weighted by atomic mass is 10.1. The first-order valence-electron chi connectivity index (χ1n) is 5.64. The highest BCUT2D eigenvalue weighted by Crippen LogP contribution is 2.12. The average Bonchev–Trinajstić information content (AvgIpc) is 2.83. The fourth-order valence-corrected chi connectivity index (χ4v) is 2.18. The number of anilines is 1. The number of aryl methyl sites for hydroxylation is 1. The molecule has 0 radical (unpaired) electrons. The van der Waals surface area contributed by atoms with Gasteiger partial charge in [-0.05, 0) is 17.5 Å². The summed E-state index contributed by atoms with van der Waals surface area (Å²) in [5.74, 6) is -0.241. The van der Waals surface area contributed by atoms with Gasteiger partial charge in [0.15, 0.2) is 0 Å². The number of rotatable bonds is 4. The largest absolute Gasteiger partial charge is 0.374 e. The minimum absolute atomic E-state index is 0.241. The van der Waals surface area contributed by atoms with Crippen LogP contribution in [0.4, 0.5) is 5.13 Å². The molecule has 0 atom stereocenters. The number of aromatic nitrogens is 2. The van der Waals surface area contributed by atoms with Crippen molar-refractivity contribution in [2.24, 2.45) is 0 Å². The van der Waals surface area contributed by atoms with Gasteiger partial charge in [-0.25, -0.2) is 0 Å². The molecule has 2 rings (SSSR count). The minimum atomic E-state index is -0.241. The van der Waals surface area contributed by atoms with E-state index in [9.17, 15) is 4.79 Å². The van der Waals surface area contributed by atoms with Gasteiger partial charge in [0.2, 0.25) is 10.1 Å². The third kappa shape index (κ3) is 2.84. The van der Waals surface area contributed by atoms with Crippen molar-refractivity contribution in [1.82, 2.24) is 15.5 Å². The van der Waals surface area contributed by atoms with Crippen LogP contribution in [0.25, 0.3) is 0 Å². The molecule has 0 saturated heterocycles. The van der Waals surface area contributed by atoms with Crippen LogP contribution in [-0.2, 0) is 13.0 Å². The Bertz CT molecular complexity index is 553. The Labute approximate surface area is 109 Å². The first-order chi connectivity index (χ1) is 8.70. The van der Waals surface area contributed by atoms with Crippen molar-refractivity contribution in [3.05, 3.63) is 40.4 Å². The van der Waals surface area contributed by atoms with Crippen molar-refractivity contribution in [3.63, 3.8) is 0 Å². The van der Waals surface area contributed by atoms with Gasteiger partial charge in [0.1, 0.15) is 0 Å². The molecule has 5 nitrogen and oxygen atoms in total. The van der Waals surface area contributed by atoms with E-state index in [1.165, 1.54) is 5.56 Å². The van der Waals surface area contributed by atoms with E-state index in [1.807, 2.05) is 18.2 Å². The number of amides is 1. The smallest absolute Gasteiger partial charge is 0.282 e. The topological polar surface area (TPSA) is 80.9 Å². The second kappa shape index (κ2) is 5.59. The second-order valence-electron chi connectivity index (χ2n) is 3.75. The summed E-state index contributed by atoms with van der Waals surface area (Å²) in [6, 6.07) is 8.02. The van der Waals surface area contributed by atoms with Crippen molar-refractivity contribution in [1.29, 1.82) is 0 Å². The van der Waals surface area contributed by atoms with E-state index in [0.717, 1.165) is 23.3 Å². The molecule has 0 aliphatic heterocycles. The molecule has 0 fully saturated rings. The summed E-state index contributed by atoms with van der Waals surface area (Å²) in [5, 5.41) is 10.7. The second-order valence-corrected chi connectivity index (χ2v) is 4.76. The Kier molecular flexibility index (Phi) is 3.88. The van der Waals surface area contributed by atoms with E-state index in [1.54, 1.807) is 0 Å². The van der Waals surface area contributed by atoms with Crippen LogP contribution < -0.4 is 11.1 Å². The van der Waals surface area contributed by atoms with E-state index in [4.69, 9.17) is 5.73 Å². The maximum Gasteiger partial charge on any atom is 0.282 e. The monoisotopic (exact) mass is 262 g/mol. The number of nitrogens with two attached hydrogens (primary N) is 1. The summed E-state index contributed by atoms with van der Waals surface area (Å²) in [4.78, 5) is 11.8. The molecule has 1 heterocycles. The fraction of sp³-hybridized carbons (Fsp3) is 0.250. The zero-order valence-electron chi connectivity index (χ0n) is 10.0. The molecule has 0 aliphatic carbocycles. The first-order valence-corrected chi connectivity index (χ1v) is 6.46. The normalized spacial score (nSPS) is 10.3. The summed E-state index contributed by atoms with van der Waals surface area (Å²) in [6.45, 7) is 2.58. The molecule has 1 amide bonds. The Morgan fingerprint density at radius 3 is 2.67 bits per heavy atom. The van der Waals surface area contributed by atoms with Gasteiger partial charge in [-0.3, -0.25) is 4.79 Å². The van der Waals surface area contributed by atoms with Crippen LogP contribution in [-0.4, -0.2) is 16.1 Å². The molecule has 3 N–H and O–H groups in total. The molecule has 1 aromatic heterocycles. The van der Waals surface area contributed by atoms with Gasteiger partial charge in [0.25, 0.3) is 5.91 Å². The fourth-order valence-electron chi connectivity index (χ4n) is 1.65. The highest BCUT2D eigenvalue weighted by Gasteiger charge is 2.11. The van der Waals surface area contributed by atoms with Crippen molar-refractivity contribution in [2.75, 3.05) is 5.73 Å². The van der Waals surface area contributed by atoms with E-state index < -0.39 is 0 Å². The van der Waals surface area contributed by atoms with E-state index >= 15 is 0 Å². The lowest BCUT2D eigenvalue weighted by Crippen LogP contribution is -2.23. The van der Waals surface area contributed by atoms with Gasteiger partial charge < -0.3 is 11.1 Å². The number of benzene rings is 1. The summed E-state index contributed by atoms with van der Waals surface area (Å²) in [6.07, 6.45) is 0.942. The molecule has 0 unspecified atom stereocenters. The van der Waals surface area contributed by atoms with Gasteiger partial charge >= 0.3 is 0 Å². The maximum atomic E-state index is 11.8. The summed E-state index contributed by atoms with van der Waals surface area (Å²) >= 11 is 1.08. The Hall–Kier alpha value is -1.95. The van der Waals surface area contributed by atoms with Gasteiger partial charge in [-0.15, -0.1) is 10.2 Å². The standard InChI is InChI=1S/C12H14N4OS/c1-2-8-5-3-4-6-9(8)7-14-10(17)11-15-16-12(13)18-11/h3-6H,2,7H2,1H3,(H2,13,16)(H,14,17). The molecule has 18 heavy (non-hydrogen) atoms. The molecule has 1 aromatic carbocycles. The maximum absolute atomic E-state index is 11.8. The number of carbonyl (C=O) groups excluding carboxylic acids is 1. The summed E-state index contributed by atoms with van der Waals surface area (Å²) in [5.41, 5.74) is 7.78. The van der Waals surface area contributed by atoms with Crippen LogP contribution >= 0.6 is 11.3 Å². The third-order valence-corrected chi connectivity index (χ3v) is 3.32. The highest BCUT2D eigenvalue weighted by molar-refractivity contribution is 7.16. The molecule has 0 saturated carbocycles. The van der Waals surface area contributed by atoms with Crippen molar-refractivity contribution in [3.8, 4) is 0 Å². The molecule has 0 bridgehead atoms. The van der Waals surface area contributed by atoms with Crippen LogP contribution in [0.2, 0.25) is 0 Å². The SMILES string of the molecule is CCc1ccccc1CNC(=O)c1nnc(N)s1. The number of nitrogen functional groups attached to an aromatic ring is 1. The molecular weight excluding hydrogens is 248 g/mol. The first kappa shape index (κ1) is 12.5. The van der Waals surface area contributed by atoms with E-state index in [2.05, 4.69) is 28.5 Å². The Balaban J connectivity index is 2.01. The Morgan fingerprint density at radius 1 is 1.33 bits per heavy atom. The molecule has 2 aromatic rings. The van der Waals surface area contributed by atoms with Crippen LogP contribution in [0.5, 0.6) is 0 Å². The quantitative estimate of drug-likeness (QED) is 0.877. The van der Waals surface area contributed by atoms with Gasteiger partial charge in [-0.1, -0.05) is 42.5 Å². The Morgan fingerprint density at radius 2 is 2.06 bits per heavy atom. The zero-order chi connectivity index (χ0) is 13.0. The minimum Gasteiger partial charge on any atom is -0.374 e. The van der Waals surface area contributed by atoms with Crippen LogP contribution in [0, 0.1) is 0 Å². The van der Waals surface area contributed by atoms with E-state index in [0.29, 0.717) is 16.7 Å². The summed E-state index contributed by atoms with van der Waals surface area (Å²) < 4.78 is 0. The predicted octanol–water partition coefficient (Wildman–Crippen LogP) is 1.61. The average molecular weight is 262 g/mol. The molecule has 6 heteroatoms. The molecule has 0 spiro atoms. The number of hydrogen-bond donors (Lipinski definition) is 2. The van der Waals surface area contributed by atoms with Crippen molar-refractivity contribution >= 4 is 22.4 Å².